The number of fused-ring (bicyclic) bond motifs is 1. The van der Waals surface area contributed by atoms with Crippen molar-refractivity contribution in [2.24, 2.45) is 0 Å². The first kappa shape index (κ1) is 21.4. The Hall–Kier alpha value is -2.79. The van der Waals surface area contributed by atoms with Gasteiger partial charge in [-0.15, -0.1) is 0 Å². The molecule has 2 aromatic heterocycles. The molecule has 0 spiro atoms. The van der Waals surface area contributed by atoms with Crippen LogP contribution in [0.15, 0.2) is 36.7 Å². The molecule has 1 aromatic carbocycles. The number of unbranched alkanes of at least 4 members (excludes halogenated alkanes) is 2. The van der Waals surface area contributed by atoms with E-state index in [-0.39, 0.29) is 11.8 Å². The lowest BCUT2D eigenvalue weighted by atomic mass is 10.1. The number of nitrogen functional groups attached to an aromatic ring is 1. The van der Waals surface area contributed by atoms with Crippen molar-refractivity contribution in [1.29, 1.82) is 0 Å². The summed E-state index contributed by atoms with van der Waals surface area (Å²) in [5.74, 6) is 0.148. The second kappa shape index (κ2) is 9.56. The van der Waals surface area contributed by atoms with E-state index in [2.05, 4.69) is 27.1 Å². The van der Waals surface area contributed by atoms with Crippen LogP contribution in [0.25, 0.3) is 11.2 Å². The fourth-order valence-electron chi connectivity index (χ4n) is 3.69. The van der Waals surface area contributed by atoms with Crippen LogP contribution in [0.1, 0.15) is 31.1 Å². The van der Waals surface area contributed by atoms with Gasteiger partial charge in [-0.1, -0.05) is 30.3 Å². The Balaban J connectivity index is 1.37. The summed E-state index contributed by atoms with van der Waals surface area (Å²) in [6.45, 7) is 0.0266. The minimum Gasteiger partial charge on any atom is -0.463 e. The van der Waals surface area contributed by atoms with E-state index >= 15 is 0 Å². The van der Waals surface area contributed by atoms with Crippen molar-refractivity contribution in [3.63, 3.8) is 0 Å². The summed E-state index contributed by atoms with van der Waals surface area (Å²) in [5.41, 5.74) is 7.98. The molecule has 1 unspecified atom stereocenters. The zero-order chi connectivity index (χ0) is 21.8. The summed E-state index contributed by atoms with van der Waals surface area (Å²) in [6.07, 6.45) is 1.02. The van der Waals surface area contributed by atoms with Crippen molar-refractivity contribution in [2.45, 2.75) is 50.2 Å². The normalized spacial score (nSPS) is 23.5. The molecule has 1 fully saturated rings. The minimum absolute atomic E-state index is 0.113. The number of hydrogen-bond acceptors (Lipinski definition) is 9. The number of nitrogens with zero attached hydrogens (tertiary/aromatic N) is 4. The van der Waals surface area contributed by atoms with Gasteiger partial charge in [-0.3, -0.25) is 4.57 Å². The fourth-order valence-corrected chi connectivity index (χ4v) is 3.69. The van der Waals surface area contributed by atoms with Crippen LogP contribution in [0.2, 0.25) is 0 Å². The van der Waals surface area contributed by atoms with Gasteiger partial charge in [0.25, 0.3) is 0 Å². The standard InChI is InChI=1S/C21H27N5O5/c22-18-15-19(26(12-23-15)20-17(29)16(28)14(11-27)31-20)25-21(24-18)30-10-6-2-5-9-13-7-3-1-4-8-13/h1,3-4,7-8,12,14,16-17,20,27-29H,2,5-6,9-11H2,(H2,22,24,25)/t14-,16-,17-,20?/m1/s1. The van der Waals surface area contributed by atoms with Crippen molar-refractivity contribution in [2.75, 3.05) is 18.9 Å². The molecule has 0 bridgehead atoms. The molecule has 10 nitrogen and oxygen atoms in total. The van der Waals surface area contributed by atoms with E-state index in [1.54, 1.807) is 0 Å². The van der Waals surface area contributed by atoms with Crippen LogP contribution in [0, 0.1) is 0 Å². The summed E-state index contributed by atoms with van der Waals surface area (Å²) in [4.78, 5) is 12.7. The van der Waals surface area contributed by atoms with Gasteiger partial charge in [0.1, 0.15) is 18.3 Å². The third-order valence-corrected chi connectivity index (χ3v) is 5.40. The molecule has 4 atom stereocenters. The number of rotatable bonds is 9. The molecule has 1 aliphatic heterocycles. The number of anilines is 1. The van der Waals surface area contributed by atoms with Gasteiger partial charge in [-0.25, -0.2) is 4.98 Å². The zero-order valence-electron chi connectivity index (χ0n) is 17.0. The molecule has 0 radical (unpaired) electrons. The van der Waals surface area contributed by atoms with Gasteiger partial charge in [0, 0.05) is 0 Å². The second-order valence-corrected chi connectivity index (χ2v) is 7.59. The van der Waals surface area contributed by atoms with Crippen LogP contribution in [-0.2, 0) is 11.2 Å². The zero-order valence-corrected chi connectivity index (χ0v) is 17.0. The fraction of sp³-hybridized carbons (Fsp3) is 0.476. The highest BCUT2D eigenvalue weighted by Gasteiger charge is 2.44. The molecule has 5 N–H and O–H groups in total. The van der Waals surface area contributed by atoms with E-state index in [1.165, 1.54) is 16.5 Å². The average molecular weight is 429 g/mol. The minimum atomic E-state index is -1.25. The summed E-state index contributed by atoms with van der Waals surface area (Å²) in [7, 11) is 0. The average Bonchev–Trinajstić information content (AvgIpc) is 3.32. The summed E-state index contributed by atoms with van der Waals surface area (Å²) >= 11 is 0. The number of aliphatic hydroxyl groups is 3. The van der Waals surface area contributed by atoms with E-state index in [9.17, 15) is 15.3 Å². The van der Waals surface area contributed by atoms with Crippen LogP contribution in [-0.4, -0.2) is 66.4 Å². The molecule has 0 aliphatic carbocycles. The van der Waals surface area contributed by atoms with Crippen molar-refractivity contribution >= 4 is 17.0 Å². The van der Waals surface area contributed by atoms with E-state index in [0.717, 1.165) is 25.7 Å². The number of nitrogens with two attached hydrogens (primary N) is 1. The van der Waals surface area contributed by atoms with E-state index in [1.807, 2.05) is 18.2 Å². The van der Waals surface area contributed by atoms with Gasteiger partial charge >= 0.3 is 6.01 Å². The molecular weight excluding hydrogens is 402 g/mol. The van der Waals surface area contributed by atoms with Gasteiger partial charge in [-0.05, 0) is 31.2 Å². The van der Waals surface area contributed by atoms with Crippen molar-refractivity contribution in [3.05, 3.63) is 42.2 Å². The molecular formula is C21H27N5O5. The molecule has 166 valence electrons. The van der Waals surface area contributed by atoms with Crippen molar-refractivity contribution in [3.8, 4) is 6.01 Å². The monoisotopic (exact) mass is 429 g/mol. The molecule has 1 saturated heterocycles. The quantitative estimate of drug-likeness (QED) is 0.363. The first-order valence-corrected chi connectivity index (χ1v) is 10.4. The summed E-state index contributed by atoms with van der Waals surface area (Å²) in [6, 6.07) is 10.5. The molecule has 0 saturated carbocycles. The number of aromatic nitrogens is 4. The second-order valence-electron chi connectivity index (χ2n) is 7.59. The Morgan fingerprint density at radius 3 is 2.61 bits per heavy atom. The van der Waals surface area contributed by atoms with Crippen LogP contribution in [0.4, 0.5) is 5.82 Å². The van der Waals surface area contributed by atoms with Gasteiger partial charge in [0.05, 0.1) is 19.5 Å². The third kappa shape index (κ3) is 4.62. The number of imidazole rings is 1. The van der Waals surface area contributed by atoms with Crippen LogP contribution < -0.4 is 10.5 Å². The molecule has 10 heteroatoms. The maximum Gasteiger partial charge on any atom is 0.320 e. The van der Waals surface area contributed by atoms with E-state index in [4.69, 9.17) is 15.2 Å². The number of aliphatic hydroxyl groups excluding tert-OH is 3. The molecule has 1 aliphatic rings. The topological polar surface area (TPSA) is 149 Å². The van der Waals surface area contributed by atoms with E-state index < -0.39 is 31.1 Å². The Morgan fingerprint density at radius 2 is 1.87 bits per heavy atom. The van der Waals surface area contributed by atoms with Crippen LogP contribution in [0.3, 0.4) is 0 Å². The Morgan fingerprint density at radius 1 is 1.06 bits per heavy atom. The maximum absolute atomic E-state index is 10.3. The van der Waals surface area contributed by atoms with Crippen molar-refractivity contribution < 1.29 is 24.8 Å². The number of benzene rings is 1. The lowest BCUT2D eigenvalue weighted by molar-refractivity contribution is -0.0511. The SMILES string of the molecule is Nc1nc(OCCCCCc2ccccc2)nc2c1ncn2C1O[C@H](CO)[C@@H](O)[C@H]1O. The lowest BCUT2D eigenvalue weighted by Gasteiger charge is -2.16. The molecule has 3 heterocycles. The smallest absolute Gasteiger partial charge is 0.320 e. The first-order chi connectivity index (χ1) is 15.1. The van der Waals surface area contributed by atoms with Gasteiger partial charge < -0.3 is 30.5 Å². The summed E-state index contributed by atoms with van der Waals surface area (Å²) < 4.78 is 12.7. The van der Waals surface area contributed by atoms with Gasteiger partial charge in [0.15, 0.2) is 23.2 Å². The molecule has 4 rings (SSSR count). The molecule has 0 amide bonds. The van der Waals surface area contributed by atoms with Crippen LogP contribution >= 0.6 is 0 Å². The summed E-state index contributed by atoms with van der Waals surface area (Å²) in [5, 5.41) is 29.6. The lowest BCUT2D eigenvalue weighted by Crippen LogP contribution is -2.33. The number of ether oxygens (including phenoxy) is 2. The predicted octanol–water partition coefficient (Wildman–Crippen LogP) is 0.812. The van der Waals surface area contributed by atoms with Crippen molar-refractivity contribution in [1.82, 2.24) is 19.5 Å². The highest BCUT2D eigenvalue weighted by molar-refractivity contribution is 5.82. The van der Waals surface area contributed by atoms with E-state index in [0.29, 0.717) is 17.8 Å². The molecule has 3 aromatic rings. The maximum atomic E-state index is 10.3. The first-order valence-electron chi connectivity index (χ1n) is 10.4. The van der Waals surface area contributed by atoms with Gasteiger partial charge in [0.2, 0.25) is 0 Å². The highest BCUT2D eigenvalue weighted by atomic mass is 16.6. The predicted molar refractivity (Wildman–Crippen MR) is 112 cm³/mol. The van der Waals surface area contributed by atoms with Gasteiger partial charge in [-0.2, -0.15) is 9.97 Å². The largest absolute Gasteiger partial charge is 0.463 e. The number of hydrogen-bond donors (Lipinski definition) is 4. The highest BCUT2D eigenvalue weighted by Crippen LogP contribution is 2.32. The third-order valence-electron chi connectivity index (χ3n) is 5.40. The Bertz CT molecular complexity index is 998. The number of aryl methyl sites for hydroxylation is 1. The van der Waals surface area contributed by atoms with Crippen LogP contribution in [0.5, 0.6) is 6.01 Å². The Kier molecular flexibility index (Phi) is 6.62. The Labute approximate surface area is 179 Å². The molecule has 31 heavy (non-hydrogen) atoms.